The summed E-state index contributed by atoms with van der Waals surface area (Å²) in [6.45, 7) is 1.46. The van der Waals surface area contributed by atoms with Gasteiger partial charge in [0.05, 0.1) is 14.2 Å². The van der Waals surface area contributed by atoms with Crippen molar-refractivity contribution in [3.05, 3.63) is 48.0 Å². The van der Waals surface area contributed by atoms with Gasteiger partial charge < -0.3 is 24.7 Å². The lowest BCUT2D eigenvalue weighted by Crippen LogP contribution is -2.10. The van der Waals surface area contributed by atoms with Crippen molar-refractivity contribution < 1.29 is 18.9 Å². The Labute approximate surface area is 136 Å². The third kappa shape index (κ3) is 5.07. The van der Waals surface area contributed by atoms with E-state index >= 15 is 0 Å². The second-order valence-electron chi connectivity index (χ2n) is 4.90. The molecule has 0 aliphatic carbocycles. The van der Waals surface area contributed by atoms with Crippen LogP contribution in [-0.2, 0) is 6.42 Å². The van der Waals surface area contributed by atoms with Gasteiger partial charge in [-0.3, -0.25) is 0 Å². The first-order chi connectivity index (χ1) is 11.3. The van der Waals surface area contributed by atoms with E-state index < -0.39 is 0 Å². The Hall–Kier alpha value is -2.40. The predicted octanol–water partition coefficient (Wildman–Crippen LogP) is 2.66. The molecular formula is C18H23NO4. The van der Waals surface area contributed by atoms with Crippen LogP contribution in [0.2, 0.25) is 0 Å². The molecule has 2 rings (SSSR count). The van der Waals surface area contributed by atoms with Crippen molar-refractivity contribution in [2.45, 2.75) is 6.42 Å². The molecule has 0 fully saturated rings. The lowest BCUT2D eigenvalue weighted by molar-refractivity contribution is 0.211. The van der Waals surface area contributed by atoms with Crippen LogP contribution in [0, 0.1) is 0 Å². The van der Waals surface area contributed by atoms with Crippen LogP contribution in [0.5, 0.6) is 23.0 Å². The average molecular weight is 317 g/mol. The number of rotatable bonds is 9. The van der Waals surface area contributed by atoms with E-state index in [0.717, 1.165) is 23.5 Å². The number of hydrogen-bond acceptors (Lipinski definition) is 5. The maximum absolute atomic E-state index is 5.73. The summed E-state index contributed by atoms with van der Waals surface area (Å²) in [5.41, 5.74) is 6.70. The third-order valence-electron chi connectivity index (χ3n) is 3.31. The molecule has 0 heterocycles. The average Bonchev–Trinajstić information content (AvgIpc) is 2.60. The minimum absolute atomic E-state index is 0.420. The molecule has 124 valence electrons. The molecule has 5 heteroatoms. The first-order valence-electron chi connectivity index (χ1n) is 7.53. The molecule has 0 radical (unpaired) electrons. The number of hydrogen-bond donors (Lipinski definition) is 1. The molecule has 0 unspecified atom stereocenters. The fourth-order valence-corrected chi connectivity index (χ4v) is 2.16. The Kier molecular flexibility index (Phi) is 6.56. The van der Waals surface area contributed by atoms with Crippen molar-refractivity contribution in [2.75, 3.05) is 34.0 Å². The minimum atomic E-state index is 0.420. The highest BCUT2D eigenvalue weighted by atomic mass is 16.5. The molecule has 0 amide bonds. The van der Waals surface area contributed by atoms with E-state index in [4.69, 9.17) is 24.7 Å². The Bertz CT molecular complexity index is 616. The molecule has 0 aliphatic rings. The molecule has 0 saturated carbocycles. The smallest absolute Gasteiger partial charge is 0.161 e. The summed E-state index contributed by atoms with van der Waals surface area (Å²) in [6, 6.07) is 13.3. The zero-order valence-electron chi connectivity index (χ0n) is 13.6. The molecule has 0 spiro atoms. The highest BCUT2D eigenvalue weighted by Crippen LogP contribution is 2.28. The molecule has 0 aliphatic heterocycles. The Morgan fingerprint density at radius 1 is 0.826 bits per heavy atom. The van der Waals surface area contributed by atoms with E-state index in [1.54, 1.807) is 14.2 Å². The van der Waals surface area contributed by atoms with Gasteiger partial charge in [0.1, 0.15) is 24.7 Å². The molecule has 2 aromatic rings. The van der Waals surface area contributed by atoms with E-state index in [9.17, 15) is 0 Å². The van der Waals surface area contributed by atoms with Gasteiger partial charge in [-0.05, 0) is 42.8 Å². The van der Waals surface area contributed by atoms with Gasteiger partial charge in [0.25, 0.3) is 0 Å². The number of benzene rings is 2. The van der Waals surface area contributed by atoms with Crippen molar-refractivity contribution in [2.24, 2.45) is 5.73 Å². The predicted molar refractivity (Wildman–Crippen MR) is 89.7 cm³/mol. The summed E-state index contributed by atoms with van der Waals surface area (Å²) in [6.07, 6.45) is 0.815. The summed E-state index contributed by atoms with van der Waals surface area (Å²) < 4.78 is 21.9. The normalized spacial score (nSPS) is 10.2. The zero-order valence-corrected chi connectivity index (χ0v) is 13.6. The van der Waals surface area contributed by atoms with Crippen LogP contribution in [0.3, 0.4) is 0 Å². The van der Waals surface area contributed by atoms with Crippen LogP contribution in [0.25, 0.3) is 0 Å². The summed E-state index contributed by atoms with van der Waals surface area (Å²) in [5, 5.41) is 0. The summed E-state index contributed by atoms with van der Waals surface area (Å²) in [4.78, 5) is 0. The van der Waals surface area contributed by atoms with E-state index in [1.165, 1.54) is 0 Å². The standard InChI is InChI=1S/C18H23NO4/c1-20-15-4-3-5-16(13-15)22-10-11-23-17-7-6-14(8-9-19)12-18(17)21-2/h3-7,12-13H,8-11,19H2,1-2H3. The first kappa shape index (κ1) is 17.0. The lowest BCUT2D eigenvalue weighted by atomic mass is 10.1. The third-order valence-corrected chi connectivity index (χ3v) is 3.31. The highest BCUT2D eigenvalue weighted by Gasteiger charge is 2.06. The van der Waals surface area contributed by atoms with Crippen molar-refractivity contribution >= 4 is 0 Å². The first-order valence-corrected chi connectivity index (χ1v) is 7.53. The maximum atomic E-state index is 5.73. The van der Waals surface area contributed by atoms with Crippen LogP contribution in [0.15, 0.2) is 42.5 Å². The Morgan fingerprint density at radius 2 is 1.61 bits per heavy atom. The van der Waals surface area contributed by atoms with Crippen LogP contribution in [0.1, 0.15) is 5.56 Å². The molecule has 0 aromatic heterocycles. The zero-order chi connectivity index (χ0) is 16.5. The molecule has 5 nitrogen and oxygen atoms in total. The minimum Gasteiger partial charge on any atom is -0.497 e. The van der Waals surface area contributed by atoms with Gasteiger partial charge in [-0.15, -0.1) is 0 Å². The molecule has 2 N–H and O–H groups in total. The number of ether oxygens (including phenoxy) is 4. The molecular weight excluding hydrogens is 294 g/mol. The van der Waals surface area contributed by atoms with E-state index in [1.807, 2.05) is 42.5 Å². The van der Waals surface area contributed by atoms with Crippen LogP contribution < -0.4 is 24.7 Å². The SMILES string of the molecule is COc1cccc(OCCOc2ccc(CCN)cc2OC)c1. The van der Waals surface area contributed by atoms with Gasteiger partial charge >= 0.3 is 0 Å². The molecule has 0 bridgehead atoms. The van der Waals surface area contributed by atoms with Gasteiger partial charge in [0.2, 0.25) is 0 Å². The molecule has 23 heavy (non-hydrogen) atoms. The van der Waals surface area contributed by atoms with Gasteiger partial charge in [-0.25, -0.2) is 0 Å². The van der Waals surface area contributed by atoms with Crippen molar-refractivity contribution in [3.63, 3.8) is 0 Å². The largest absolute Gasteiger partial charge is 0.497 e. The fourth-order valence-electron chi connectivity index (χ4n) is 2.16. The summed E-state index contributed by atoms with van der Waals surface area (Å²) >= 11 is 0. The second kappa shape index (κ2) is 8.90. The topological polar surface area (TPSA) is 62.9 Å². The van der Waals surface area contributed by atoms with Gasteiger partial charge in [-0.2, -0.15) is 0 Å². The van der Waals surface area contributed by atoms with Crippen molar-refractivity contribution in [1.29, 1.82) is 0 Å². The van der Waals surface area contributed by atoms with Crippen LogP contribution in [0.4, 0.5) is 0 Å². The second-order valence-corrected chi connectivity index (χ2v) is 4.90. The van der Waals surface area contributed by atoms with Crippen molar-refractivity contribution in [1.82, 2.24) is 0 Å². The Balaban J connectivity index is 1.85. The molecule has 0 saturated heterocycles. The van der Waals surface area contributed by atoms with Crippen LogP contribution >= 0.6 is 0 Å². The fraction of sp³-hybridized carbons (Fsp3) is 0.333. The number of methoxy groups -OCH3 is 2. The monoisotopic (exact) mass is 317 g/mol. The van der Waals surface area contributed by atoms with E-state index in [-0.39, 0.29) is 0 Å². The molecule has 2 aromatic carbocycles. The highest BCUT2D eigenvalue weighted by molar-refractivity contribution is 5.43. The maximum Gasteiger partial charge on any atom is 0.161 e. The quantitative estimate of drug-likeness (QED) is 0.720. The number of nitrogens with two attached hydrogens (primary N) is 1. The lowest BCUT2D eigenvalue weighted by Gasteiger charge is -2.13. The van der Waals surface area contributed by atoms with E-state index in [0.29, 0.717) is 31.3 Å². The van der Waals surface area contributed by atoms with Gasteiger partial charge in [-0.1, -0.05) is 12.1 Å². The molecule has 0 atom stereocenters. The van der Waals surface area contributed by atoms with Gasteiger partial charge in [0, 0.05) is 6.07 Å². The summed E-state index contributed by atoms with van der Waals surface area (Å²) in [7, 11) is 3.25. The summed E-state index contributed by atoms with van der Waals surface area (Å²) in [5.74, 6) is 2.92. The van der Waals surface area contributed by atoms with Crippen LogP contribution in [-0.4, -0.2) is 34.0 Å². The van der Waals surface area contributed by atoms with Gasteiger partial charge in [0.15, 0.2) is 11.5 Å². The van der Waals surface area contributed by atoms with Crippen molar-refractivity contribution in [3.8, 4) is 23.0 Å². The van der Waals surface area contributed by atoms with E-state index in [2.05, 4.69) is 0 Å². The Morgan fingerprint density at radius 3 is 2.35 bits per heavy atom.